The van der Waals surface area contributed by atoms with E-state index in [9.17, 15) is 23.1 Å². The van der Waals surface area contributed by atoms with Crippen LogP contribution in [-0.4, -0.2) is 53.6 Å². The molecule has 3 rings (SSSR count). The molecule has 0 saturated carbocycles. The molecule has 28 heavy (non-hydrogen) atoms. The first-order chi connectivity index (χ1) is 13.1. The van der Waals surface area contributed by atoms with Crippen molar-refractivity contribution in [1.29, 1.82) is 0 Å². The summed E-state index contributed by atoms with van der Waals surface area (Å²) in [4.78, 5) is 16.3. The Morgan fingerprint density at radius 3 is 2.64 bits per heavy atom. The number of likely N-dealkylation sites (tertiary alicyclic amines) is 2. The first-order valence-corrected chi connectivity index (χ1v) is 9.91. The minimum Gasteiger partial charge on any atom is -0.396 e. The summed E-state index contributed by atoms with van der Waals surface area (Å²) in [6.07, 6.45) is -3.12. The highest BCUT2D eigenvalue weighted by atomic mass is 19.4. The van der Waals surface area contributed by atoms with Gasteiger partial charge in [0.1, 0.15) is 0 Å². The summed E-state index contributed by atoms with van der Waals surface area (Å²) in [5.41, 5.74) is -0.788. The van der Waals surface area contributed by atoms with Crippen molar-refractivity contribution < 1.29 is 23.1 Å². The van der Waals surface area contributed by atoms with E-state index < -0.39 is 17.2 Å². The van der Waals surface area contributed by atoms with E-state index in [1.54, 1.807) is 6.07 Å². The van der Waals surface area contributed by atoms with Crippen LogP contribution in [0.5, 0.6) is 0 Å². The lowest BCUT2D eigenvalue weighted by Crippen LogP contribution is -2.52. The number of alkyl halides is 3. The van der Waals surface area contributed by atoms with Gasteiger partial charge in [0.15, 0.2) is 0 Å². The topological polar surface area (TPSA) is 43.8 Å². The van der Waals surface area contributed by atoms with Crippen LogP contribution < -0.4 is 0 Å². The van der Waals surface area contributed by atoms with Gasteiger partial charge in [-0.15, -0.1) is 0 Å². The van der Waals surface area contributed by atoms with Crippen LogP contribution in [0.25, 0.3) is 0 Å². The number of aliphatic hydroxyl groups is 1. The zero-order valence-electron chi connectivity index (χ0n) is 16.5. The van der Waals surface area contributed by atoms with Crippen molar-refractivity contribution in [3.63, 3.8) is 0 Å². The fraction of sp³-hybridized carbons (Fsp3) is 0.667. The molecule has 1 aromatic rings. The Hall–Kier alpha value is -1.60. The molecular weight excluding hydrogens is 369 g/mol. The van der Waals surface area contributed by atoms with Gasteiger partial charge in [-0.1, -0.05) is 32.0 Å². The van der Waals surface area contributed by atoms with Gasteiger partial charge < -0.3 is 10.0 Å². The molecule has 2 aliphatic rings. The predicted molar refractivity (Wildman–Crippen MR) is 100 cm³/mol. The highest BCUT2D eigenvalue weighted by Crippen LogP contribution is 2.43. The molecule has 2 saturated heterocycles. The van der Waals surface area contributed by atoms with Crippen LogP contribution in [0.3, 0.4) is 0 Å². The molecule has 7 heteroatoms. The average molecular weight is 398 g/mol. The number of fused-ring (bicyclic) bond motifs is 1. The molecule has 0 radical (unpaired) electrons. The summed E-state index contributed by atoms with van der Waals surface area (Å²) in [5, 5.41) is 10.2. The Morgan fingerprint density at radius 2 is 2.00 bits per heavy atom. The number of carbonyl (C=O) groups excluding carboxylic acids is 1. The molecule has 2 heterocycles. The standard InChI is InChI=1S/C21H29F3N2O2/c1-15(2)9-19(28)26-8-7-17-11-25(12-20(17,13-26)14-27)10-16-5-3-4-6-18(16)21(22,23)24/h3-6,15,17,27H,7-14H2,1-2H3/t17-,20-/m0/s1. The van der Waals surface area contributed by atoms with Gasteiger partial charge in [0, 0.05) is 44.6 Å². The SMILES string of the molecule is CC(C)CC(=O)N1CC[C@H]2CN(Cc3ccccc3C(F)(F)F)C[C@@]2(CO)C1. The normalized spacial score (nSPS) is 26.0. The first-order valence-electron chi connectivity index (χ1n) is 9.91. The highest BCUT2D eigenvalue weighted by molar-refractivity contribution is 5.76. The molecule has 156 valence electrons. The van der Waals surface area contributed by atoms with Crippen LogP contribution in [0.15, 0.2) is 24.3 Å². The average Bonchev–Trinajstić information content (AvgIpc) is 2.98. The molecule has 1 N–H and O–H groups in total. The van der Waals surface area contributed by atoms with Crippen molar-refractivity contribution in [2.75, 3.05) is 32.8 Å². The second-order valence-electron chi connectivity index (χ2n) is 8.74. The van der Waals surface area contributed by atoms with Crippen LogP contribution in [0.4, 0.5) is 13.2 Å². The maximum atomic E-state index is 13.3. The fourth-order valence-corrected chi connectivity index (χ4v) is 4.71. The summed E-state index contributed by atoms with van der Waals surface area (Å²) in [6.45, 7) is 6.45. The van der Waals surface area contributed by atoms with Gasteiger partial charge in [0.25, 0.3) is 0 Å². The van der Waals surface area contributed by atoms with Gasteiger partial charge in [0.2, 0.25) is 5.91 Å². The predicted octanol–water partition coefficient (Wildman–Crippen LogP) is 3.39. The monoisotopic (exact) mass is 398 g/mol. The minimum absolute atomic E-state index is 0.0550. The number of carbonyl (C=O) groups is 1. The first kappa shape index (κ1) is 21.1. The van der Waals surface area contributed by atoms with Crippen molar-refractivity contribution in [1.82, 2.24) is 9.80 Å². The molecule has 4 nitrogen and oxygen atoms in total. The number of benzene rings is 1. The fourth-order valence-electron chi connectivity index (χ4n) is 4.71. The van der Waals surface area contributed by atoms with Gasteiger partial charge in [-0.3, -0.25) is 9.69 Å². The number of piperidine rings is 1. The Labute approximate surface area is 164 Å². The zero-order chi connectivity index (χ0) is 20.5. The van der Waals surface area contributed by atoms with E-state index in [0.29, 0.717) is 32.6 Å². The van der Waals surface area contributed by atoms with E-state index in [-0.39, 0.29) is 36.5 Å². The third kappa shape index (κ3) is 4.35. The Bertz CT molecular complexity index is 707. The quantitative estimate of drug-likeness (QED) is 0.827. The molecule has 2 aliphatic heterocycles. The van der Waals surface area contributed by atoms with E-state index in [4.69, 9.17) is 0 Å². The Balaban J connectivity index is 1.73. The van der Waals surface area contributed by atoms with Crippen LogP contribution >= 0.6 is 0 Å². The minimum atomic E-state index is -4.38. The number of hydrogen-bond donors (Lipinski definition) is 1. The van der Waals surface area contributed by atoms with Gasteiger partial charge in [-0.25, -0.2) is 0 Å². The van der Waals surface area contributed by atoms with Crippen molar-refractivity contribution >= 4 is 5.91 Å². The number of nitrogens with zero attached hydrogens (tertiary/aromatic N) is 2. The van der Waals surface area contributed by atoms with E-state index >= 15 is 0 Å². The molecule has 1 aromatic carbocycles. The Kier molecular flexibility index (Phi) is 6.05. The van der Waals surface area contributed by atoms with Gasteiger partial charge >= 0.3 is 6.18 Å². The van der Waals surface area contributed by atoms with Crippen LogP contribution in [0, 0.1) is 17.3 Å². The van der Waals surface area contributed by atoms with Crippen LogP contribution in [-0.2, 0) is 17.5 Å². The van der Waals surface area contributed by atoms with Gasteiger partial charge in [0.05, 0.1) is 12.2 Å². The number of halogens is 3. The lowest BCUT2D eigenvalue weighted by atomic mass is 9.74. The summed E-state index contributed by atoms with van der Waals surface area (Å²) in [7, 11) is 0. The molecule has 0 spiro atoms. The van der Waals surface area contributed by atoms with Crippen molar-refractivity contribution in [3.05, 3.63) is 35.4 Å². The van der Waals surface area contributed by atoms with Crippen molar-refractivity contribution in [2.24, 2.45) is 17.3 Å². The molecule has 0 aromatic heterocycles. The van der Waals surface area contributed by atoms with Crippen molar-refractivity contribution in [3.8, 4) is 0 Å². The maximum Gasteiger partial charge on any atom is 0.416 e. The lowest BCUT2D eigenvalue weighted by molar-refractivity contribution is -0.139. The molecule has 2 fully saturated rings. The van der Waals surface area contributed by atoms with Crippen LogP contribution in [0.1, 0.15) is 37.8 Å². The highest BCUT2D eigenvalue weighted by Gasteiger charge is 2.50. The summed E-state index contributed by atoms with van der Waals surface area (Å²) in [6, 6.07) is 5.67. The number of amides is 1. The van der Waals surface area contributed by atoms with E-state index in [1.165, 1.54) is 12.1 Å². The van der Waals surface area contributed by atoms with Gasteiger partial charge in [-0.05, 0) is 29.9 Å². The summed E-state index contributed by atoms with van der Waals surface area (Å²) >= 11 is 0. The smallest absolute Gasteiger partial charge is 0.396 e. The second-order valence-corrected chi connectivity index (χ2v) is 8.74. The lowest BCUT2D eigenvalue weighted by Gasteiger charge is -2.43. The molecule has 0 unspecified atom stereocenters. The second kappa shape index (κ2) is 8.03. The molecule has 0 aliphatic carbocycles. The van der Waals surface area contributed by atoms with Crippen LogP contribution in [0.2, 0.25) is 0 Å². The summed E-state index contributed by atoms with van der Waals surface area (Å²) in [5.74, 6) is 0.565. The molecular formula is C21H29F3N2O2. The van der Waals surface area contributed by atoms with Crippen molar-refractivity contribution in [2.45, 2.75) is 39.4 Å². The zero-order valence-corrected chi connectivity index (χ0v) is 16.5. The third-order valence-corrected chi connectivity index (χ3v) is 6.10. The molecule has 2 atom stereocenters. The van der Waals surface area contributed by atoms with E-state index in [2.05, 4.69) is 0 Å². The summed E-state index contributed by atoms with van der Waals surface area (Å²) < 4.78 is 39.9. The number of hydrogen-bond acceptors (Lipinski definition) is 3. The Morgan fingerprint density at radius 1 is 1.29 bits per heavy atom. The molecule has 1 amide bonds. The largest absolute Gasteiger partial charge is 0.416 e. The number of aliphatic hydroxyl groups excluding tert-OH is 1. The third-order valence-electron chi connectivity index (χ3n) is 6.10. The molecule has 0 bridgehead atoms. The van der Waals surface area contributed by atoms with Gasteiger partial charge in [-0.2, -0.15) is 13.2 Å². The van der Waals surface area contributed by atoms with E-state index in [1.807, 2.05) is 23.6 Å². The van der Waals surface area contributed by atoms with E-state index in [0.717, 1.165) is 12.5 Å². The number of rotatable bonds is 5. The maximum absolute atomic E-state index is 13.3.